The number of alkyl carbamates (subject to hydrolysis) is 1. The van der Waals surface area contributed by atoms with Gasteiger partial charge in [0, 0.05) is 5.92 Å². The molecule has 1 unspecified atom stereocenters. The second kappa shape index (κ2) is 6.93. The maximum Gasteiger partial charge on any atom is 0.414 e. The van der Waals surface area contributed by atoms with E-state index in [1.807, 2.05) is 18.2 Å². The van der Waals surface area contributed by atoms with E-state index in [-0.39, 0.29) is 11.8 Å². The first-order valence-corrected chi connectivity index (χ1v) is 8.92. The number of halogens is 1. The number of nitrogens with one attached hydrogen (secondary N) is 1. The molecule has 136 valence electrons. The molecule has 6 nitrogen and oxygen atoms in total. The maximum absolute atomic E-state index is 12.0. The van der Waals surface area contributed by atoms with E-state index in [4.69, 9.17) is 27.6 Å². The molecule has 2 atom stereocenters. The van der Waals surface area contributed by atoms with E-state index in [2.05, 4.69) is 10.2 Å². The summed E-state index contributed by atoms with van der Waals surface area (Å²) in [6.45, 7) is 7.02. The van der Waals surface area contributed by atoms with Crippen molar-refractivity contribution in [1.29, 1.82) is 0 Å². The van der Waals surface area contributed by atoms with Gasteiger partial charge in [0.25, 0.3) is 5.91 Å². The van der Waals surface area contributed by atoms with Gasteiger partial charge in [-0.05, 0) is 54.7 Å². The molecule has 0 radical (unpaired) electrons. The van der Waals surface area contributed by atoms with Crippen LogP contribution >= 0.6 is 11.6 Å². The van der Waals surface area contributed by atoms with Crippen LogP contribution < -0.4 is 10.1 Å². The van der Waals surface area contributed by atoms with Crippen LogP contribution in [0.4, 0.5) is 10.5 Å². The lowest BCUT2D eigenvalue weighted by atomic mass is 9.79. The normalized spacial score (nSPS) is 21.0. The smallest absolute Gasteiger partial charge is 0.414 e. The highest BCUT2D eigenvalue weighted by molar-refractivity contribution is 6.32. The summed E-state index contributed by atoms with van der Waals surface area (Å²) < 4.78 is 11.0. The first-order chi connectivity index (χ1) is 13.0. The minimum absolute atomic E-state index is 0.157. The summed E-state index contributed by atoms with van der Waals surface area (Å²) in [4.78, 5) is 26.7. The number of amides is 2. The Morgan fingerprint density at radius 3 is 2.78 bits per heavy atom. The zero-order valence-electron chi connectivity index (χ0n) is 14.2. The fourth-order valence-electron chi connectivity index (χ4n) is 3.61. The van der Waals surface area contributed by atoms with Crippen LogP contribution in [0.2, 0.25) is 5.02 Å². The SMILES string of the molecule is [C-]#[N+]c1ccc(Oc2ccc3c(c2)CCC[C@H]3C2OC(=O)NC2=O)c(Cl)c1. The third-order valence-corrected chi connectivity index (χ3v) is 5.13. The van der Waals surface area contributed by atoms with Gasteiger partial charge in [0.2, 0.25) is 0 Å². The Bertz CT molecular complexity index is 982. The molecule has 0 spiro atoms. The summed E-state index contributed by atoms with van der Waals surface area (Å²) >= 11 is 6.18. The molecule has 1 N–H and O–H groups in total. The van der Waals surface area contributed by atoms with Gasteiger partial charge in [-0.3, -0.25) is 10.1 Å². The van der Waals surface area contributed by atoms with Crippen molar-refractivity contribution in [3.63, 3.8) is 0 Å². The van der Waals surface area contributed by atoms with Crippen LogP contribution in [0.5, 0.6) is 11.5 Å². The number of benzene rings is 2. The molecule has 1 fully saturated rings. The monoisotopic (exact) mass is 382 g/mol. The van der Waals surface area contributed by atoms with Crippen molar-refractivity contribution in [3.8, 4) is 11.5 Å². The van der Waals surface area contributed by atoms with Gasteiger partial charge >= 0.3 is 6.09 Å². The van der Waals surface area contributed by atoms with Crippen LogP contribution in [0, 0.1) is 6.57 Å². The third-order valence-electron chi connectivity index (χ3n) is 4.83. The molecule has 2 aromatic rings. The molecular formula is C20H15ClN2O4. The molecule has 1 heterocycles. The van der Waals surface area contributed by atoms with Crippen LogP contribution in [0.3, 0.4) is 0 Å². The molecule has 1 saturated heterocycles. The number of rotatable bonds is 3. The average Bonchev–Trinajstić information content (AvgIpc) is 3.00. The van der Waals surface area contributed by atoms with Gasteiger partial charge in [-0.25, -0.2) is 9.64 Å². The molecule has 0 aromatic heterocycles. The van der Waals surface area contributed by atoms with Crippen molar-refractivity contribution in [2.45, 2.75) is 31.3 Å². The summed E-state index contributed by atoms with van der Waals surface area (Å²) in [5, 5.41) is 2.56. The second-order valence-corrected chi connectivity index (χ2v) is 6.91. The lowest BCUT2D eigenvalue weighted by Crippen LogP contribution is -2.31. The number of imide groups is 1. The summed E-state index contributed by atoms with van der Waals surface area (Å²) in [7, 11) is 0. The topological polar surface area (TPSA) is 69.0 Å². The zero-order valence-corrected chi connectivity index (χ0v) is 15.0. The molecule has 2 aliphatic rings. The van der Waals surface area contributed by atoms with Crippen LogP contribution in [-0.4, -0.2) is 18.1 Å². The number of hydrogen-bond donors (Lipinski definition) is 1. The molecule has 1 aliphatic heterocycles. The van der Waals surface area contributed by atoms with Crippen molar-refractivity contribution < 1.29 is 19.1 Å². The highest BCUT2D eigenvalue weighted by Gasteiger charge is 2.41. The molecule has 0 saturated carbocycles. The molecule has 0 bridgehead atoms. The van der Waals surface area contributed by atoms with Crippen LogP contribution in [0.1, 0.15) is 29.9 Å². The lowest BCUT2D eigenvalue weighted by Gasteiger charge is -2.28. The second-order valence-electron chi connectivity index (χ2n) is 6.50. The molecular weight excluding hydrogens is 368 g/mol. The van der Waals surface area contributed by atoms with Gasteiger partial charge in [0.15, 0.2) is 11.8 Å². The lowest BCUT2D eigenvalue weighted by molar-refractivity contribution is -0.124. The number of carbonyl (C=O) groups is 2. The third kappa shape index (κ3) is 3.34. The summed E-state index contributed by atoms with van der Waals surface area (Å²) in [5.74, 6) is 0.556. The first-order valence-electron chi connectivity index (χ1n) is 8.54. The average molecular weight is 383 g/mol. The van der Waals surface area contributed by atoms with Crippen LogP contribution in [0.15, 0.2) is 36.4 Å². The molecule has 1 aliphatic carbocycles. The summed E-state index contributed by atoms with van der Waals surface area (Å²) in [5.41, 5.74) is 2.51. The van der Waals surface area contributed by atoms with E-state index in [0.717, 1.165) is 30.4 Å². The predicted molar refractivity (Wildman–Crippen MR) is 98.3 cm³/mol. The van der Waals surface area contributed by atoms with E-state index in [9.17, 15) is 9.59 Å². The Balaban J connectivity index is 1.59. The number of aryl methyl sites for hydroxylation is 1. The van der Waals surface area contributed by atoms with Gasteiger partial charge in [-0.15, -0.1) is 0 Å². The van der Waals surface area contributed by atoms with Gasteiger partial charge in [0.05, 0.1) is 11.6 Å². The highest BCUT2D eigenvalue weighted by Crippen LogP contribution is 2.39. The molecule has 7 heteroatoms. The van der Waals surface area contributed by atoms with E-state index in [1.54, 1.807) is 18.2 Å². The van der Waals surface area contributed by atoms with E-state index in [0.29, 0.717) is 22.2 Å². The Morgan fingerprint density at radius 1 is 1.22 bits per heavy atom. The summed E-state index contributed by atoms with van der Waals surface area (Å²) in [6, 6.07) is 10.5. The number of fused-ring (bicyclic) bond motifs is 1. The summed E-state index contributed by atoms with van der Waals surface area (Å²) in [6.07, 6.45) is 1.06. The first kappa shape index (κ1) is 17.4. The van der Waals surface area contributed by atoms with Gasteiger partial charge in [0.1, 0.15) is 11.5 Å². The fraction of sp³-hybridized carbons (Fsp3) is 0.250. The quantitative estimate of drug-likeness (QED) is 0.778. The molecule has 27 heavy (non-hydrogen) atoms. The Hall–Kier alpha value is -3.04. The Morgan fingerprint density at radius 2 is 2.07 bits per heavy atom. The van der Waals surface area contributed by atoms with Crippen molar-refractivity contribution in [2.75, 3.05) is 0 Å². The minimum atomic E-state index is -0.779. The fourth-order valence-corrected chi connectivity index (χ4v) is 3.82. The zero-order chi connectivity index (χ0) is 19.0. The number of cyclic esters (lactones) is 1. The van der Waals surface area contributed by atoms with Crippen molar-refractivity contribution >= 4 is 29.3 Å². The Labute approximate surface area is 160 Å². The standard InChI is InChI=1S/C20H15ClN2O4/c1-22-12-5-8-17(16(21)10-12)26-13-6-7-14-11(9-13)3-2-4-15(14)18-19(24)23-20(25)27-18/h5-10,15,18H,2-4H2,(H,23,24,25)/t15-,18?/m1/s1. The van der Waals surface area contributed by atoms with Crippen molar-refractivity contribution in [1.82, 2.24) is 5.32 Å². The van der Waals surface area contributed by atoms with Gasteiger partial charge in [-0.2, -0.15) is 0 Å². The highest BCUT2D eigenvalue weighted by atomic mass is 35.5. The Kier molecular flexibility index (Phi) is 4.46. The van der Waals surface area contributed by atoms with Gasteiger partial charge in [-0.1, -0.05) is 23.7 Å². The number of ether oxygens (including phenoxy) is 2. The predicted octanol–water partition coefficient (Wildman–Crippen LogP) is 4.74. The van der Waals surface area contributed by atoms with E-state index < -0.39 is 12.2 Å². The largest absolute Gasteiger partial charge is 0.456 e. The number of carbonyl (C=O) groups excluding carboxylic acids is 2. The molecule has 2 aromatic carbocycles. The van der Waals surface area contributed by atoms with Crippen LogP contribution in [0.25, 0.3) is 4.85 Å². The number of nitrogens with zero attached hydrogens (tertiary/aromatic N) is 1. The van der Waals surface area contributed by atoms with Gasteiger partial charge < -0.3 is 9.47 Å². The van der Waals surface area contributed by atoms with E-state index >= 15 is 0 Å². The maximum atomic E-state index is 12.0. The minimum Gasteiger partial charge on any atom is -0.456 e. The molecule has 2 amide bonds. The van der Waals surface area contributed by atoms with Crippen molar-refractivity contribution in [2.24, 2.45) is 0 Å². The van der Waals surface area contributed by atoms with Crippen LogP contribution in [-0.2, 0) is 16.0 Å². The number of hydrogen-bond acceptors (Lipinski definition) is 4. The van der Waals surface area contributed by atoms with E-state index in [1.165, 1.54) is 0 Å². The van der Waals surface area contributed by atoms with Crippen molar-refractivity contribution in [3.05, 3.63) is 64.0 Å². The molecule has 4 rings (SSSR count).